The average molecular weight is 362 g/mol. The van der Waals surface area contributed by atoms with Gasteiger partial charge >= 0.3 is 5.97 Å². The molecule has 0 radical (unpaired) electrons. The number of carbonyl (C=O) groups excluding carboxylic acids is 3. The molecule has 0 saturated carbocycles. The predicted octanol–water partition coefficient (Wildman–Crippen LogP) is 2.67. The number of hydrogen-bond donors (Lipinski definition) is 1. The Morgan fingerprint density at radius 1 is 1.40 bits per heavy atom. The van der Waals surface area contributed by atoms with E-state index >= 15 is 0 Å². The number of nitrogens with one attached hydrogen (secondary N) is 1. The van der Waals surface area contributed by atoms with E-state index in [0.717, 1.165) is 10.4 Å². The molecule has 3 heterocycles. The van der Waals surface area contributed by atoms with Gasteiger partial charge in [0, 0.05) is 18.3 Å². The van der Waals surface area contributed by atoms with Gasteiger partial charge in [-0.05, 0) is 31.0 Å². The van der Waals surface area contributed by atoms with Crippen molar-refractivity contribution in [2.45, 2.75) is 26.8 Å². The largest absolute Gasteiger partial charge is 0.462 e. The first kappa shape index (κ1) is 17.2. The fraction of sp³-hybridized carbons (Fsp3) is 0.353. The van der Waals surface area contributed by atoms with E-state index < -0.39 is 11.9 Å². The zero-order chi connectivity index (χ0) is 18.0. The van der Waals surface area contributed by atoms with Crippen molar-refractivity contribution in [3.63, 3.8) is 0 Å². The van der Waals surface area contributed by atoms with Crippen LogP contribution in [0.1, 0.15) is 45.2 Å². The molecule has 0 saturated heterocycles. The Balaban J connectivity index is 1.95. The molecular formula is C17H18N2O5S. The molecule has 7 nitrogen and oxygen atoms in total. The van der Waals surface area contributed by atoms with Gasteiger partial charge in [0.1, 0.15) is 5.00 Å². The van der Waals surface area contributed by atoms with Crippen molar-refractivity contribution >= 4 is 34.1 Å². The van der Waals surface area contributed by atoms with Crippen LogP contribution in [0.15, 0.2) is 22.8 Å². The van der Waals surface area contributed by atoms with Crippen LogP contribution in [0.5, 0.6) is 0 Å². The third-order valence-electron chi connectivity index (χ3n) is 3.95. The molecule has 2 amide bonds. The van der Waals surface area contributed by atoms with Gasteiger partial charge in [-0.1, -0.05) is 0 Å². The van der Waals surface area contributed by atoms with E-state index in [2.05, 4.69) is 5.32 Å². The van der Waals surface area contributed by atoms with Crippen molar-refractivity contribution in [1.82, 2.24) is 4.90 Å². The SMILES string of the molecule is CCOC(=O)c1c(NC(=O)c2ccco2)sc2c1CCN(C(C)=O)C2. The number of esters is 1. The highest BCUT2D eigenvalue weighted by Crippen LogP contribution is 2.38. The number of rotatable bonds is 4. The Kier molecular flexibility index (Phi) is 4.89. The lowest BCUT2D eigenvalue weighted by molar-refractivity contribution is -0.129. The summed E-state index contributed by atoms with van der Waals surface area (Å²) in [6, 6.07) is 3.16. The molecule has 1 aliphatic heterocycles. The van der Waals surface area contributed by atoms with E-state index in [1.54, 1.807) is 24.0 Å². The number of furan rings is 1. The smallest absolute Gasteiger partial charge is 0.341 e. The Morgan fingerprint density at radius 3 is 2.84 bits per heavy atom. The molecule has 8 heteroatoms. The molecule has 3 rings (SSSR count). The summed E-state index contributed by atoms with van der Waals surface area (Å²) in [7, 11) is 0. The fourth-order valence-electron chi connectivity index (χ4n) is 2.75. The average Bonchev–Trinajstić information content (AvgIpc) is 3.21. The van der Waals surface area contributed by atoms with Gasteiger partial charge in [0.25, 0.3) is 5.91 Å². The highest BCUT2D eigenvalue weighted by molar-refractivity contribution is 7.17. The summed E-state index contributed by atoms with van der Waals surface area (Å²) in [6.45, 7) is 4.46. The van der Waals surface area contributed by atoms with Crippen molar-refractivity contribution in [3.8, 4) is 0 Å². The minimum atomic E-state index is -0.467. The van der Waals surface area contributed by atoms with Crippen LogP contribution in [-0.4, -0.2) is 35.8 Å². The maximum Gasteiger partial charge on any atom is 0.341 e. The molecule has 2 aromatic heterocycles. The van der Waals surface area contributed by atoms with Gasteiger partial charge in [-0.2, -0.15) is 0 Å². The zero-order valence-corrected chi connectivity index (χ0v) is 14.8. The van der Waals surface area contributed by atoms with E-state index in [0.29, 0.717) is 30.1 Å². The Hall–Kier alpha value is -2.61. The highest BCUT2D eigenvalue weighted by atomic mass is 32.1. The number of nitrogens with zero attached hydrogens (tertiary/aromatic N) is 1. The highest BCUT2D eigenvalue weighted by Gasteiger charge is 2.30. The lowest BCUT2D eigenvalue weighted by Crippen LogP contribution is -2.34. The number of carbonyl (C=O) groups is 3. The molecule has 0 atom stereocenters. The Morgan fingerprint density at radius 2 is 2.20 bits per heavy atom. The number of amides is 2. The molecule has 0 aliphatic carbocycles. The van der Waals surface area contributed by atoms with Crippen LogP contribution in [0, 0.1) is 0 Å². The van der Waals surface area contributed by atoms with Crippen molar-refractivity contribution in [3.05, 3.63) is 40.2 Å². The Bertz CT molecular complexity index is 809. The van der Waals surface area contributed by atoms with Gasteiger partial charge in [-0.15, -0.1) is 11.3 Å². The number of fused-ring (bicyclic) bond motifs is 1. The zero-order valence-electron chi connectivity index (χ0n) is 14.0. The molecule has 1 aliphatic rings. The summed E-state index contributed by atoms with van der Waals surface area (Å²) in [6.07, 6.45) is 1.96. The van der Waals surface area contributed by atoms with Crippen LogP contribution in [0.2, 0.25) is 0 Å². The quantitative estimate of drug-likeness (QED) is 0.845. The van der Waals surface area contributed by atoms with Gasteiger partial charge in [-0.3, -0.25) is 9.59 Å². The van der Waals surface area contributed by atoms with Crippen LogP contribution < -0.4 is 5.32 Å². The maximum absolute atomic E-state index is 12.4. The molecule has 0 aromatic carbocycles. The minimum absolute atomic E-state index is 0.0158. The van der Waals surface area contributed by atoms with Crippen molar-refractivity contribution in [2.24, 2.45) is 0 Å². The molecule has 132 valence electrons. The second-order valence-electron chi connectivity index (χ2n) is 5.55. The lowest BCUT2D eigenvalue weighted by Gasteiger charge is -2.25. The summed E-state index contributed by atoms with van der Waals surface area (Å²) in [5.41, 5.74) is 1.22. The topological polar surface area (TPSA) is 88.8 Å². The number of hydrogen-bond acceptors (Lipinski definition) is 6. The fourth-order valence-corrected chi connectivity index (χ4v) is 4.00. The first-order valence-electron chi connectivity index (χ1n) is 7.93. The molecule has 0 spiro atoms. The van der Waals surface area contributed by atoms with Crippen molar-refractivity contribution in [2.75, 3.05) is 18.5 Å². The molecule has 0 unspecified atom stereocenters. The van der Waals surface area contributed by atoms with E-state index in [4.69, 9.17) is 9.15 Å². The summed E-state index contributed by atoms with van der Waals surface area (Å²) in [4.78, 5) is 38.9. The minimum Gasteiger partial charge on any atom is -0.462 e. The maximum atomic E-state index is 12.4. The van der Waals surface area contributed by atoms with Crippen LogP contribution in [0.3, 0.4) is 0 Å². The summed E-state index contributed by atoms with van der Waals surface area (Å²) in [5, 5.41) is 3.16. The van der Waals surface area contributed by atoms with Crippen molar-refractivity contribution in [1.29, 1.82) is 0 Å². The van der Waals surface area contributed by atoms with Gasteiger partial charge in [0.05, 0.1) is 25.0 Å². The summed E-state index contributed by atoms with van der Waals surface area (Å²) < 4.78 is 10.2. The lowest BCUT2D eigenvalue weighted by atomic mass is 10.0. The molecule has 0 bridgehead atoms. The van der Waals surface area contributed by atoms with Crippen molar-refractivity contribution < 1.29 is 23.5 Å². The molecular weight excluding hydrogens is 344 g/mol. The third kappa shape index (κ3) is 3.43. The van der Waals surface area contributed by atoms with Crippen LogP contribution >= 0.6 is 11.3 Å². The first-order chi connectivity index (χ1) is 12.0. The molecule has 2 aromatic rings. The van der Waals surface area contributed by atoms with Crippen LogP contribution in [0.4, 0.5) is 5.00 Å². The van der Waals surface area contributed by atoms with Crippen LogP contribution in [-0.2, 0) is 22.5 Å². The van der Waals surface area contributed by atoms with Gasteiger partial charge in [0.15, 0.2) is 5.76 Å². The van der Waals surface area contributed by atoms with Gasteiger partial charge in [-0.25, -0.2) is 4.79 Å². The van der Waals surface area contributed by atoms with Gasteiger partial charge in [0.2, 0.25) is 5.91 Å². The molecule has 0 fully saturated rings. The van der Waals surface area contributed by atoms with Crippen LogP contribution in [0.25, 0.3) is 0 Å². The second-order valence-corrected chi connectivity index (χ2v) is 6.66. The first-order valence-corrected chi connectivity index (χ1v) is 8.75. The standard InChI is InChI=1S/C17H18N2O5S/c1-3-23-17(22)14-11-6-7-19(10(2)20)9-13(11)25-16(14)18-15(21)12-5-4-8-24-12/h4-5,8H,3,6-7,9H2,1-2H3,(H,18,21). The second kappa shape index (κ2) is 7.10. The molecule has 1 N–H and O–H groups in total. The summed E-state index contributed by atoms with van der Waals surface area (Å²) >= 11 is 1.29. The molecule has 25 heavy (non-hydrogen) atoms. The van der Waals surface area contributed by atoms with E-state index in [1.165, 1.54) is 24.5 Å². The number of ether oxygens (including phenoxy) is 1. The monoisotopic (exact) mass is 362 g/mol. The van der Waals surface area contributed by atoms with E-state index in [9.17, 15) is 14.4 Å². The number of anilines is 1. The van der Waals surface area contributed by atoms with E-state index in [-0.39, 0.29) is 18.3 Å². The van der Waals surface area contributed by atoms with E-state index in [1.807, 2.05) is 0 Å². The third-order valence-corrected chi connectivity index (χ3v) is 5.09. The Labute approximate surface area is 148 Å². The predicted molar refractivity (Wildman–Crippen MR) is 91.7 cm³/mol. The summed E-state index contributed by atoms with van der Waals surface area (Å²) in [5.74, 6) is -0.756. The number of thiophene rings is 1. The normalized spacial score (nSPS) is 13.3. The van der Waals surface area contributed by atoms with Gasteiger partial charge < -0.3 is 19.4 Å².